The van der Waals surface area contributed by atoms with Crippen molar-refractivity contribution < 1.29 is 9.90 Å². The lowest BCUT2D eigenvalue weighted by molar-refractivity contribution is -0.153. The minimum Gasteiger partial charge on any atom is -0.481 e. The molecule has 3 atom stereocenters. The van der Waals surface area contributed by atoms with Gasteiger partial charge >= 0.3 is 5.97 Å². The van der Waals surface area contributed by atoms with Crippen molar-refractivity contribution in [2.24, 2.45) is 17.3 Å². The molecule has 3 nitrogen and oxygen atoms in total. The summed E-state index contributed by atoms with van der Waals surface area (Å²) in [4.78, 5) is 14.2. The average molecular weight is 267 g/mol. The molecule has 2 fully saturated rings. The molecule has 2 rings (SSSR count). The Morgan fingerprint density at radius 2 is 2.21 bits per heavy atom. The Morgan fingerprint density at radius 3 is 2.84 bits per heavy atom. The lowest BCUT2D eigenvalue weighted by atomic mass is 9.69. The fourth-order valence-corrected chi connectivity index (χ4v) is 4.19. The normalized spacial score (nSPS) is 36.5. The topological polar surface area (TPSA) is 40.5 Å². The van der Waals surface area contributed by atoms with Gasteiger partial charge in [-0.1, -0.05) is 33.1 Å². The summed E-state index contributed by atoms with van der Waals surface area (Å²) >= 11 is 0. The van der Waals surface area contributed by atoms with E-state index in [1.807, 2.05) is 0 Å². The Bertz CT molecular complexity index is 318. The molecule has 1 saturated carbocycles. The van der Waals surface area contributed by atoms with Crippen LogP contribution in [0.1, 0.15) is 58.8 Å². The van der Waals surface area contributed by atoms with Crippen LogP contribution in [0.25, 0.3) is 0 Å². The van der Waals surface area contributed by atoms with Gasteiger partial charge in [0.25, 0.3) is 0 Å². The predicted molar refractivity (Wildman–Crippen MR) is 77.2 cm³/mol. The minimum absolute atomic E-state index is 0.460. The van der Waals surface area contributed by atoms with E-state index in [2.05, 4.69) is 18.7 Å². The first-order chi connectivity index (χ1) is 9.05. The molecule has 3 heteroatoms. The van der Waals surface area contributed by atoms with Crippen LogP contribution in [-0.2, 0) is 4.79 Å². The van der Waals surface area contributed by atoms with E-state index in [9.17, 15) is 9.90 Å². The van der Waals surface area contributed by atoms with Crippen LogP contribution in [0.15, 0.2) is 0 Å². The zero-order chi connectivity index (χ0) is 13.9. The van der Waals surface area contributed by atoms with E-state index >= 15 is 0 Å². The molecule has 0 bridgehead atoms. The number of hydrogen-bond donors (Lipinski definition) is 1. The summed E-state index contributed by atoms with van der Waals surface area (Å²) < 4.78 is 0. The van der Waals surface area contributed by atoms with Crippen molar-refractivity contribution in [3.05, 3.63) is 0 Å². The fraction of sp³-hybridized carbons (Fsp3) is 0.938. The van der Waals surface area contributed by atoms with Gasteiger partial charge in [-0.25, -0.2) is 0 Å². The Hall–Kier alpha value is -0.570. The highest BCUT2D eigenvalue weighted by Crippen LogP contribution is 2.41. The number of likely N-dealkylation sites (tertiary alicyclic amines) is 1. The van der Waals surface area contributed by atoms with Crippen LogP contribution < -0.4 is 0 Å². The Morgan fingerprint density at radius 1 is 1.42 bits per heavy atom. The van der Waals surface area contributed by atoms with Crippen molar-refractivity contribution in [1.82, 2.24) is 4.90 Å². The molecule has 110 valence electrons. The van der Waals surface area contributed by atoms with Crippen LogP contribution >= 0.6 is 0 Å². The van der Waals surface area contributed by atoms with E-state index in [-0.39, 0.29) is 0 Å². The molecular formula is C16H29NO2. The van der Waals surface area contributed by atoms with E-state index < -0.39 is 11.4 Å². The molecular weight excluding hydrogens is 238 g/mol. The molecule has 0 radical (unpaired) electrons. The molecule has 0 aromatic carbocycles. The van der Waals surface area contributed by atoms with E-state index in [1.165, 1.54) is 25.7 Å². The van der Waals surface area contributed by atoms with Crippen LogP contribution in [0.2, 0.25) is 0 Å². The molecule has 3 unspecified atom stereocenters. The summed E-state index contributed by atoms with van der Waals surface area (Å²) in [6.45, 7) is 7.46. The van der Waals surface area contributed by atoms with Gasteiger partial charge in [-0.3, -0.25) is 4.79 Å². The number of rotatable bonds is 5. The van der Waals surface area contributed by atoms with Crippen molar-refractivity contribution in [3.8, 4) is 0 Å². The highest BCUT2D eigenvalue weighted by molar-refractivity contribution is 5.75. The molecule has 2 aliphatic rings. The lowest BCUT2D eigenvalue weighted by Crippen LogP contribution is -2.45. The second-order valence-corrected chi connectivity index (χ2v) is 6.97. The SMILES string of the molecule is CCCC1CCN(CC2(C(=O)O)CCCC(C)C2)C1. The van der Waals surface area contributed by atoms with Gasteiger partial charge in [-0.05, 0) is 44.1 Å². The van der Waals surface area contributed by atoms with Gasteiger partial charge in [0, 0.05) is 13.1 Å². The number of carbonyl (C=O) groups is 1. The van der Waals surface area contributed by atoms with Crippen molar-refractivity contribution in [3.63, 3.8) is 0 Å². The number of carboxylic acid groups (broad SMARTS) is 1. The summed E-state index contributed by atoms with van der Waals surface area (Å²) in [5, 5.41) is 9.71. The first-order valence-corrected chi connectivity index (χ1v) is 8.01. The number of hydrogen-bond acceptors (Lipinski definition) is 2. The highest BCUT2D eigenvalue weighted by atomic mass is 16.4. The zero-order valence-electron chi connectivity index (χ0n) is 12.5. The number of carboxylic acids is 1. The van der Waals surface area contributed by atoms with E-state index in [1.54, 1.807) is 0 Å². The first-order valence-electron chi connectivity index (χ1n) is 8.01. The van der Waals surface area contributed by atoms with Crippen LogP contribution in [-0.4, -0.2) is 35.6 Å². The van der Waals surface area contributed by atoms with Crippen LogP contribution in [0.3, 0.4) is 0 Å². The van der Waals surface area contributed by atoms with Crippen LogP contribution in [0.5, 0.6) is 0 Å². The molecule has 0 aromatic heterocycles. The monoisotopic (exact) mass is 267 g/mol. The molecule has 1 saturated heterocycles. The van der Waals surface area contributed by atoms with Crippen LogP contribution in [0.4, 0.5) is 0 Å². The lowest BCUT2D eigenvalue weighted by Gasteiger charge is -2.39. The van der Waals surface area contributed by atoms with Gasteiger partial charge in [-0.15, -0.1) is 0 Å². The van der Waals surface area contributed by atoms with Gasteiger partial charge < -0.3 is 10.0 Å². The molecule has 1 N–H and O–H groups in total. The van der Waals surface area contributed by atoms with Crippen molar-refractivity contribution >= 4 is 5.97 Å². The largest absolute Gasteiger partial charge is 0.481 e. The maximum atomic E-state index is 11.8. The molecule has 0 aromatic rings. The Balaban J connectivity index is 1.96. The second kappa shape index (κ2) is 6.25. The maximum Gasteiger partial charge on any atom is 0.310 e. The van der Waals surface area contributed by atoms with Gasteiger partial charge in [0.2, 0.25) is 0 Å². The van der Waals surface area contributed by atoms with E-state index in [0.717, 1.165) is 44.8 Å². The molecule has 1 heterocycles. The third kappa shape index (κ3) is 3.50. The van der Waals surface area contributed by atoms with Crippen molar-refractivity contribution in [1.29, 1.82) is 0 Å². The third-order valence-corrected chi connectivity index (χ3v) is 5.14. The second-order valence-electron chi connectivity index (χ2n) is 6.97. The molecule has 1 aliphatic heterocycles. The summed E-state index contributed by atoms with van der Waals surface area (Å²) in [7, 11) is 0. The predicted octanol–water partition coefficient (Wildman–Crippen LogP) is 3.39. The van der Waals surface area contributed by atoms with E-state index in [0.29, 0.717) is 5.92 Å². The van der Waals surface area contributed by atoms with Gasteiger partial charge in [0.15, 0.2) is 0 Å². The molecule has 19 heavy (non-hydrogen) atoms. The van der Waals surface area contributed by atoms with Crippen molar-refractivity contribution in [2.75, 3.05) is 19.6 Å². The molecule has 1 aliphatic carbocycles. The quantitative estimate of drug-likeness (QED) is 0.830. The number of aliphatic carboxylic acids is 1. The molecule has 0 spiro atoms. The van der Waals surface area contributed by atoms with Crippen LogP contribution in [0, 0.1) is 17.3 Å². The van der Waals surface area contributed by atoms with Gasteiger partial charge in [0.1, 0.15) is 0 Å². The standard InChI is InChI=1S/C16H29NO2/c1-3-5-14-7-9-17(11-14)12-16(15(18)19)8-4-6-13(2)10-16/h13-14H,3-12H2,1-2H3,(H,18,19). The molecule has 0 amide bonds. The van der Waals surface area contributed by atoms with E-state index in [4.69, 9.17) is 0 Å². The summed E-state index contributed by atoms with van der Waals surface area (Å²) in [6.07, 6.45) is 7.85. The average Bonchev–Trinajstić information content (AvgIpc) is 2.77. The highest BCUT2D eigenvalue weighted by Gasteiger charge is 2.43. The maximum absolute atomic E-state index is 11.8. The third-order valence-electron chi connectivity index (χ3n) is 5.14. The summed E-state index contributed by atoms with van der Waals surface area (Å²) in [5.74, 6) is 0.814. The van der Waals surface area contributed by atoms with Crippen molar-refractivity contribution in [2.45, 2.75) is 58.8 Å². The first kappa shape index (κ1) is 14.8. The van der Waals surface area contributed by atoms with Gasteiger partial charge in [0.05, 0.1) is 5.41 Å². The smallest absolute Gasteiger partial charge is 0.310 e. The Kier molecular flexibility index (Phi) is 4.88. The fourth-order valence-electron chi connectivity index (χ4n) is 4.19. The van der Waals surface area contributed by atoms with Gasteiger partial charge in [-0.2, -0.15) is 0 Å². The summed E-state index contributed by atoms with van der Waals surface area (Å²) in [5.41, 5.74) is -0.460. The zero-order valence-corrected chi connectivity index (χ0v) is 12.5. The summed E-state index contributed by atoms with van der Waals surface area (Å²) in [6, 6.07) is 0. The minimum atomic E-state index is -0.557. The Labute approximate surface area is 117 Å². The number of nitrogens with zero attached hydrogens (tertiary/aromatic N) is 1.